The lowest BCUT2D eigenvalue weighted by Gasteiger charge is -2.47. The van der Waals surface area contributed by atoms with Crippen LogP contribution >= 0.6 is 0 Å². The number of aliphatic hydroxyl groups excluding tert-OH is 1. The Kier molecular flexibility index (Phi) is 7.07. The summed E-state index contributed by atoms with van der Waals surface area (Å²) in [5, 5.41) is 8.99. The number of hydrogen-bond acceptors (Lipinski definition) is 2. The minimum atomic E-state index is 0. The van der Waals surface area contributed by atoms with E-state index in [1.807, 2.05) is 17.0 Å². The molecule has 2 aromatic rings. The number of pyridine rings is 1. The molecule has 1 aliphatic heterocycles. The maximum absolute atomic E-state index is 8.99. The third-order valence-electron chi connectivity index (χ3n) is 5.47. The molecule has 1 aromatic carbocycles. The summed E-state index contributed by atoms with van der Waals surface area (Å²) in [7, 11) is 0. The van der Waals surface area contributed by atoms with E-state index in [1.165, 1.54) is 28.8 Å². The smallest absolute Gasteiger partial charge is 0.171 e. The number of nitrogens with zero attached hydrogens (tertiary/aromatic N) is 2. The quantitative estimate of drug-likeness (QED) is 0.783. The molecule has 0 spiro atoms. The van der Waals surface area contributed by atoms with Gasteiger partial charge in [0.15, 0.2) is 18.9 Å². The molecule has 0 aliphatic carbocycles. The van der Waals surface area contributed by atoms with Crippen molar-refractivity contribution in [1.29, 1.82) is 0 Å². The maximum atomic E-state index is 8.99. The SMILES string of the molecule is CCN1c2ccc(C=Cc3cc[n+](CCO)cc3)cc2C(C)CC1(C)C.[Cl-]. The highest BCUT2D eigenvalue weighted by molar-refractivity contribution is 5.72. The number of anilines is 1. The molecule has 0 saturated carbocycles. The van der Waals surface area contributed by atoms with E-state index in [4.69, 9.17) is 5.11 Å². The van der Waals surface area contributed by atoms with Crippen molar-refractivity contribution in [3.63, 3.8) is 0 Å². The summed E-state index contributed by atoms with van der Waals surface area (Å²) in [5.74, 6) is 0.574. The van der Waals surface area contributed by atoms with E-state index in [0.29, 0.717) is 12.5 Å². The van der Waals surface area contributed by atoms with Gasteiger partial charge in [0, 0.05) is 29.9 Å². The number of halogens is 1. The normalized spacial score (nSPS) is 18.3. The minimum absolute atomic E-state index is 0. The third kappa shape index (κ3) is 4.72. The summed E-state index contributed by atoms with van der Waals surface area (Å²) in [4.78, 5) is 2.53. The van der Waals surface area contributed by atoms with Crippen LogP contribution in [0.15, 0.2) is 42.7 Å². The van der Waals surface area contributed by atoms with E-state index in [9.17, 15) is 0 Å². The molecule has 3 rings (SSSR count). The third-order valence-corrected chi connectivity index (χ3v) is 5.47. The average Bonchev–Trinajstić information content (AvgIpc) is 2.61. The van der Waals surface area contributed by atoms with Crippen LogP contribution in [-0.2, 0) is 6.54 Å². The van der Waals surface area contributed by atoms with Gasteiger partial charge in [0.05, 0.1) is 0 Å². The van der Waals surface area contributed by atoms with Crippen LogP contribution in [-0.4, -0.2) is 23.8 Å². The first kappa shape index (κ1) is 21.5. The molecule has 0 saturated heterocycles. The molecule has 1 aromatic heterocycles. The molecular formula is C23H31ClN2O. The fraction of sp³-hybridized carbons (Fsp3) is 0.435. The van der Waals surface area contributed by atoms with Crippen molar-refractivity contribution in [1.82, 2.24) is 0 Å². The van der Waals surface area contributed by atoms with Crippen LogP contribution in [0.4, 0.5) is 5.69 Å². The summed E-state index contributed by atoms with van der Waals surface area (Å²) in [5.41, 5.74) is 5.48. The largest absolute Gasteiger partial charge is 1.00 e. The lowest BCUT2D eigenvalue weighted by atomic mass is 9.79. The molecular weight excluding hydrogens is 356 g/mol. The monoisotopic (exact) mass is 386 g/mol. The van der Waals surface area contributed by atoms with Gasteiger partial charge in [-0.15, -0.1) is 0 Å². The first-order chi connectivity index (χ1) is 12.4. The van der Waals surface area contributed by atoms with Crippen molar-refractivity contribution >= 4 is 17.8 Å². The van der Waals surface area contributed by atoms with Gasteiger partial charge in [0.25, 0.3) is 0 Å². The molecule has 0 bridgehead atoms. The van der Waals surface area contributed by atoms with Gasteiger partial charge >= 0.3 is 0 Å². The number of benzene rings is 1. The second-order valence-corrected chi connectivity index (χ2v) is 7.91. The Bertz CT molecular complexity index is 783. The van der Waals surface area contributed by atoms with Crippen LogP contribution in [0.1, 0.15) is 56.7 Å². The zero-order chi connectivity index (χ0) is 18.7. The van der Waals surface area contributed by atoms with Gasteiger partial charge in [-0.1, -0.05) is 25.1 Å². The molecule has 146 valence electrons. The maximum Gasteiger partial charge on any atom is 0.171 e. The van der Waals surface area contributed by atoms with Gasteiger partial charge in [-0.05, 0) is 61.9 Å². The van der Waals surface area contributed by atoms with Crippen molar-refractivity contribution < 1.29 is 22.1 Å². The minimum Gasteiger partial charge on any atom is -1.00 e. The Balaban J connectivity index is 0.00000261. The summed E-state index contributed by atoms with van der Waals surface area (Å²) in [6, 6.07) is 11.0. The number of fused-ring (bicyclic) bond motifs is 1. The second-order valence-electron chi connectivity index (χ2n) is 7.91. The molecule has 27 heavy (non-hydrogen) atoms. The molecule has 1 aliphatic rings. The van der Waals surface area contributed by atoms with E-state index >= 15 is 0 Å². The molecule has 3 nitrogen and oxygen atoms in total. The van der Waals surface area contributed by atoms with Crippen LogP contribution in [0.2, 0.25) is 0 Å². The fourth-order valence-electron chi connectivity index (χ4n) is 4.25. The Labute approximate surface area is 169 Å². The molecule has 2 heterocycles. The first-order valence-electron chi connectivity index (χ1n) is 9.64. The van der Waals surface area contributed by atoms with Crippen LogP contribution in [0.3, 0.4) is 0 Å². The fourth-order valence-corrected chi connectivity index (χ4v) is 4.25. The van der Waals surface area contributed by atoms with Gasteiger partial charge < -0.3 is 22.4 Å². The van der Waals surface area contributed by atoms with Gasteiger partial charge in [0.2, 0.25) is 0 Å². The van der Waals surface area contributed by atoms with E-state index in [1.54, 1.807) is 0 Å². The highest BCUT2D eigenvalue weighted by Gasteiger charge is 2.35. The summed E-state index contributed by atoms with van der Waals surface area (Å²) >= 11 is 0. The predicted octanol–water partition coefficient (Wildman–Crippen LogP) is 1.25. The highest BCUT2D eigenvalue weighted by Crippen LogP contribution is 2.43. The molecule has 0 fully saturated rings. The second kappa shape index (κ2) is 8.90. The van der Waals surface area contributed by atoms with E-state index in [0.717, 1.165) is 6.54 Å². The summed E-state index contributed by atoms with van der Waals surface area (Å²) < 4.78 is 1.99. The number of aliphatic hydroxyl groups is 1. The van der Waals surface area contributed by atoms with Crippen molar-refractivity contribution in [3.8, 4) is 0 Å². The van der Waals surface area contributed by atoms with Gasteiger partial charge in [-0.3, -0.25) is 0 Å². The molecule has 0 amide bonds. The Hall–Kier alpha value is -1.84. The highest BCUT2D eigenvalue weighted by atomic mass is 35.5. The predicted molar refractivity (Wildman–Crippen MR) is 109 cm³/mol. The van der Waals surface area contributed by atoms with Crippen LogP contribution in [0, 0.1) is 0 Å². The number of aromatic nitrogens is 1. The zero-order valence-electron chi connectivity index (χ0n) is 16.8. The van der Waals surface area contributed by atoms with Gasteiger partial charge in [-0.2, -0.15) is 0 Å². The van der Waals surface area contributed by atoms with Crippen molar-refractivity contribution in [2.45, 2.75) is 52.1 Å². The first-order valence-corrected chi connectivity index (χ1v) is 9.64. The average molecular weight is 387 g/mol. The summed E-state index contributed by atoms with van der Waals surface area (Å²) in [6.07, 6.45) is 9.54. The standard InChI is InChI=1S/C23H31N2O.ClH/c1-5-25-22-9-8-20(16-21(22)18(2)17-23(25,3)4)7-6-19-10-12-24(13-11-19)14-15-26;/h6-13,16,18,26H,5,14-15,17H2,1-4H3;1H/q+1;/p-1. The Morgan fingerprint density at radius 1 is 1.15 bits per heavy atom. The zero-order valence-corrected chi connectivity index (χ0v) is 17.6. The molecule has 0 radical (unpaired) electrons. The lowest BCUT2D eigenvalue weighted by molar-refractivity contribution is -0.698. The number of rotatable bonds is 5. The summed E-state index contributed by atoms with van der Waals surface area (Å²) in [6.45, 7) is 11.1. The van der Waals surface area contributed by atoms with Crippen LogP contribution in [0.25, 0.3) is 12.2 Å². The lowest BCUT2D eigenvalue weighted by Crippen LogP contribution is -3.00. The molecule has 1 N–H and O–H groups in total. The van der Waals surface area contributed by atoms with Gasteiger partial charge in [-0.25, -0.2) is 4.57 Å². The molecule has 4 heteroatoms. The van der Waals surface area contributed by atoms with Crippen molar-refractivity contribution in [2.24, 2.45) is 0 Å². The molecule has 1 atom stereocenters. The van der Waals surface area contributed by atoms with E-state index in [2.05, 4.69) is 75.1 Å². The van der Waals surface area contributed by atoms with Crippen LogP contribution < -0.4 is 21.9 Å². The van der Waals surface area contributed by atoms with Crippen molar-refractivity contribution in [2.75, 3.05) is 18.1 Å². The van der Waals surface area contributed by atoms with Crippen molar-refractivity contribution in [3.05, 3.63) is 59.4 Å². The topological polar surface area (TPSA) is 27.4 Å². The van der Waals surface area contributed by atoms with E-state index in [-0.39, 0.29) is 24.6 Å². The Morgan fingerprint density at radius 2 is 1.81 bits per heavy atom. The molecule has 1 unspecified atom stereocenters. The van der Waals surface area contributed by atoms with Crippen LogP contribution in [0.5, 0.6) is 0 Å². The van der Waals surface area contributed by atoms with E-state index < -0.39 is 0 Å². The van der Waals surface area contributed by atoms with Gasteiger partial charge in [0.1, 0.15) is 6.61 Å². The number of hydrogen-bond donors (Lipinski definition) is 1. The Morgan fingerprint density at radius 3 is 2.44 bits per heavy atom.